The maximum absolute atomic E-state index is 13.4. The lowest BCUT2D eigenvalue weighted by molar-refractivity contribution is 0.0698. The number of aromatic carboxylic acids is 1. The van der Waals surface area contributed by atoms with Crippen LogP contribution in [0.15, 0.2) is 36.4 Å². The van der Waals surface area contributed by atoms with Gasteiger partial charge in [-0.1, -0.05) is 6.07 Å². The molecule has 0 aliphatic heterocycles. The molecule has 100 valence electrons. The first-order chi connectivity index (χ1) is 9.52. The van der Waals surface area contributed by atoms with Crippen LogP contribution in [0.3, 0.4) is 0 Å². The van der Waals surface area contributed by atoms with Crippen molar-refractivity contribution in [2.45, 2.75) is 0 Å². The van der Waals surface area contributed by atoms with Gasteiger partial charge in [0.15, 0.2) is 0 Å². The summed E-state index contributed by atoms with van der Waals surface area (Å²) in [5.41, 5.74) is 5.31. The molecule has 0 atom stereocenters. The number of carboxylic acid groups (broad SMARTS) is 1. The fourth-order valence-corrected chi connectivity index (χ4v) is 1.62. The quantitative estimate of drug-likeness (QED) is 0.837. The average Bonchev–Trinajstić information content (AvgIpc) is 2.38. The smallest absolute Gasteiger partial charge is 0.337 e. The lowest BCUT2D eigenvalue weighted by Gasteiger charge is -2.09. The first-order valence-electron chi connectivity index (χ1n) is 5.52. The van der Waals surface area contributed by atoms with Gasteiger partial charge < -0.3 is 15.6 Å². The van der Waals surface area contributed by atoms with E-state index in [0.717, 1.165) is 6.07 Å². The lowest BCUT2D eigenvalue weighted by atomic mass is 10.1. The van der Waals surface area contributed by atoms with Crippen molar-refractivity contribution in [2.24, 2.45) is 0 Å². The molecular formula is C14H9FN2O3. The Morgan fingerprint density at radius 3 is 2.70 bits per heavy atom. The fraction of sp³-hybridized carbons (Fsp3) is 0. The van der Waals surface area contributed by atoms with Crippen LogP contribution in [0.5, 0.6) is 11.5 Å². The number of ether oxygens (including phenoxy) is 1. The largest absolute Gasteiger partial charge is 0.478 e. The number of anilines is 1. The number of carbonyl (C=O) groups is 1. The average molecular weight is 272 g/mol. The van der Waals surface area contributed by atoms with Crippen molar-refractivity contribution in [3.8, 4) is 17.6 Å². The van der Waals surface area contributed by atoms with E-state index in [0.29, 0.717) is 0 Å². The van der Waals surface area contributed by atoms with Crippen LogP contribution < -0.4 is 10.5 Å². The molecule has 0 aliphatic rings. The molecule has 6 heteroatoms. The number of nitrogens with two attached hydrogens (primary N) is 1. The SMILES string of the molecule is N#Cc1c(F)cccc1Oc1ccc(C(=O)O)c(N)c1. The molecular weight excluding hydrogens is 263 g/mol. The summed E-state index contributed by atoms with van der Waals surface area (Å²) in [7, 11) is 0. The molecule has 3 N–H and O–H groups in total. The predicted molar refractivity (Wildman–Crippen MR) is 69.0 cm³/mol. The second kappa shape index (κ2) is 5.28. The molecule has 0 unspecified atom stereocenters. The highest BCUT2D eigenvalue weighted by molar-refractivity contribution is 5.93. The van der Waals surface area contributed by atoms with E-state index in [-0.39, 0.29) is 28.3 Å². The van der Waals surface area contributed by atoms with Gasteiger partial charge in [-0.25, -0.2) is 9.18 Å². The van der Waals surface area contributed by atoms with E-state index in [4.69, 9.17) is 20.8 Å². The minimum atomic E-state index is -1.16. The highest BCUT2D eigenvalue weighted by Gasteiger charge is 2.12. The van der Waals surface area contributed by atoms with Gasteiger partial charge in [-0.05, 0) is 24.3 Å². The van der Waals surface area contributed by atoms with Crippen molar-refractivity contribution in [3.63, 3.8) is 0 Å². The Morgan fingerprint density at radius 1 is 1.35 bits per heavy atom. The number of hydrogen-bond donors (Lipinski definition) is 2. The van der Waals surface area contributed by atoms with Crippen LogP contribution in [0.25, 0.3) is 0 Å². The number of hydrogen-bond acceptors (Lipinski definition) is 4. The first-order valence-corrected chi connectivity index (χ1v) is 5.52. The summed E-state index contributed by atoms with van der Waals surface area (Å²) in [6, 6.07) is 9.64. The zero-order chi connectivity index (χ0) is 14.7. The van der Waals surface area contributed by atoms with Gasteiger partial charge >= 0.3 is 5.97 Å². The number of nitrogen functional groups attached to an aromatic ring is 1. The van der Waals surface area contributed by atoms with Gasteiger partial charge in [-0.2, -0.15) is 5.26 Å². The number of rotatable bonds is 3. The summed E-state index contributed by atoms with van der Waals surface area (Å²) in [5.74, 6) is -1.60. The normalized spacial score (nSPS) is 9.80. The fourth-order valence-electron chi connectivity index (χ4n) is 1.62. The van der Waals surface area contributed by atoms with Crippen LogP contribution in [0.1, 0.15) is 15.9 Å². The third-order valence-corrected chi connectivity index (χ3v) is 2.57. The van der Waals surface area contributed by atoms with E-state index in [2.05, 4.69) is 0 Å². The molecule has 0 spiro atoms. The maximum Gasteiger partial charge on any atom is 0.337 e. The van der Waals surface area contributed by atoms with Crippen LogP contribution >= 0.6 is 0 Å². The molecule has 5 nitrogen and oxygen atoms in total. The Kier molecular flexibility index (Phi) is 3.53. The summed E-state index contributed by atoms with van der Waals surface area (Å²) in [5, 5.41) is 17.7. The summed E-state index contributed by atoms with van der Waals surface area (Å²) in [6.45, 7) is 0. The molecule has 0 radical (unpaired) electrons. The van der Waals surface area contributed by atoms with Gasteiger partial charge in [0, 0.05) is 11.8 Å². The summed E-state index contributed by atoms with van der Waals surface area (Å²) in [6.07, 6.45) is 0. The van der Waals surface area contributed by atoms with Gasteiger partial charge in [0.25, 0.3) is 0 Å². The highest BCUT2D eigenvalue weighted by atomic mass is 19.1. The minimum Gasteiger partial charge on any atom is -0.478 e. The predicted octanol–water partition coefficient (Wildman–Crippen LogP) is 2.77. The van der Waals surface area contributed by atoms with Crippen molar-refractivity contribution in [1.82, 2.24) is 0 Å². The third kappa shape index (κ3) is 2.52. The topological polar surface area (TPSA) is 96.3 Å². The van der Waals surface area contributed by atoms with Gasteiger partial charge in [0.1, 0.15) is 28.9 Å². The molecule has 0 fully saturated rings. The molecule has 0 aliphatic carbocycles. The summed E-state index contributed by atoms with van der Waals surface area (Å²) < 4.78 is 18.8. The Bertz CT molecular complexity index is 723. The van der Waals surface area contributed by atoms with E-state index in [1.54, 1.807) is 6.07 Å². The standard InChI is InChI=1S/C14H9FN2O3/c15-11-2-1-3-13(10(11)7-16)20-8-4-5-9(14(18)19)12(17)6-8/h1-6H,17H2,(H,18,19). The maximum atomic E-state index is 13.4. The Balaban J connectivity index is 2.37. The molecule has 20 heavy (non-hydrogen) atoms. The molecule has 0 amide bonds. The number of nitrogens with zero attached hydrogens (tertiary/aromatic N) is 1. The van der Waals surface area contributed by atoms with Crippen LogP contribution in [0.4, 0.5) is 10.1 Å². The number of carboxylic acids is 1. The highest BCUT2D eigenvalue weighted by Crippen LogP contribution is 2.28. The molecule has 0 saturated heterocycles. The van der Waals surface area contributed by atoms with E-state index in [1.165, 1.54) is 30.3 Å². The minimum absolute atomic E-state index is 0.0184. The van der Waals surface area contributed by atoms with Crippen LogP contribution in [-0.2, 0) is 0 Å². The van der Waals surface area contributed by atoms with Crippen LogP contribution in [0, 0.1) is 17.1 Å². The third-order valence-electron chi connectivity index (χ3n) is 2.57. The van der Waals surface area contributed by atoms with E-state index in [9.17, 15) is 9.18 Å². The van der Waals surface area contributed by atoms with Gasteiger partial charge in [0.05, 0.1) is 5.56 Å². The van der Waals surface area contributed by atoms with Gasteiger partial charge in [-0.15, -0.1) is 0 Å². The van der Waals surface area contributed by atoms with Crippen molar-refractivity contribution in [3.05, 3.63) is 53.3 Å². The lowest BCUT2D eigenvalue weighted by Crippen LogP contribution is -2.02. The van der Waals surface area contributed by atoms with Crippen LogP contribution in [-0.4, -0.2) is 11.1 Å². The number of benzene rings is 2. The second-order valence-corrected chi connectivity index (χ2v) is 3.88. The number of nitriles is 1. The Hall–Kier alpha value is -3.07. The zero-order valence-corrected chi connectivity index (χ0v) is 10.1. The zero-order valence-electron chi connectivity index (χ0n) is 10.1. The van der Waals surface area contributed by atoms with E-state index >= 15 is 0 Å². The molecule has 2 aromatic carbocycles. The molecule has 0 heterocycles. The van der Waals surface area contributed by atoms with E-state index in [1.807, 2.05) is 0 Å². The molecule has 0 aromatic heterocycles. The second-order valence-electron chi connectivity index (χ2n) is 3.88. The molecule has 0 bridgehead atoms. The Morgan fingerprint density at radius 2 is 2.10 bits per heavy atom. The molecule has 0 saturated carbocycles. The Labute approximate surface area is 113 Å². The monoisotopic (exact) mass is 272 g/mol. The summed E-state index contributed by atoms with van der Waals surface area (Å²) >= 11 is 0. The molecule has 2 aromatic rings. The summed E-state index contributed by atoms with van der Waals surface area (Å²) in [4.78, 5) is 10.8. The van der Waals surface area contributed by atoms with Crippen molar-refractivity contribution >= 4 is 11.7 Å². The van der Waals surface area contributed by atoms with Crippen molar-refractivity contribution < 1.29 is 19.0 Å². The number of halogens is 1. The van der Waals surface area contributed by atoms with Crippen molar-refractivity contribution in [1.29, 1.82) is 5.26 Å². The first kappa shape index (κ1) is 13.4. The van der Waals surface area contributed by atoms with Gasteiger partial charge in [-0.3, -0.25) is 0 Å². The van der Waals surface area contributed by atoms with Gasteiger partial charge in [0.2, 0.25) is 0 Å². The van der Waals surface area contributed by atoms with E-state index < -0.39 is 11.8 Å². The van der Waals surface area contributed by atoms with Crippen molar-refractivity contribution in [2.75, 3.05) is 5.73 Å². The molecule has 2 rings (SSSR count). The van der Waals surface area contributed by atoms with Crippen LogP contribution in [0.2, 0.25) is 0 Å².